The summed E-state index contributed by atoms with van der Waals surface area (Å²) in [7, 11) is -5.41. The lowest BCUT2D eigenvalue weighted by atomic mass is 10.4. The van der Waals surface area contributed by atoms with E-state index >= 15 is 0 Å². The van der Waals surface area contributed by atoms with Gasteiger partial charge in [-0.2, -0.15) is 0 Å². The van der Waals surface area contributed by atoms with Crippen LogP contribution in [0.25, 0.3) is 0 Å². The third-order valence-electron chi connectivity index (χ3n) is 2.72. The zero-order chi connectivity index (χ0) is 15.5. The summed E-state index contributed by atoms with van der Waals surface area (Å²) in [5.41, 5.74) is 0. The smallest absolute Gasteiger partial charge is 0.374 e. The Morgan fingerprint density at radius 3 is 1.50 bits per heavy atom. The minimum atomic E-state index is -2.71. The molecule has 7 heteroatoms. The van der Waals surface area contributed by atoms with Crippen molar-refractivity contribution in [3.05, 3.63) is 0 Å². The van der Waals surface area contributed by atoms with E-state index in [0.717, 1.165) is 18.9 Å². The zero-order valence-electron chi connectivity index (χ0n) is 14.0. The summed E-state index contributed by atoms with van der Waals surface area (Å²) in [4.78, 5) is 0. The molecule has 0 aromatic rings. The van der Waals surface area contributed by atoms with Gasteiger partial charge in [-0.05, 0) is 34.1 Å². The van der Waals surface area contributed by atoms with Crippen LogP contribution < -0.4 is 0 Å². The van der Waals surface area contributed by atoms with Crippen LogP contribution in [0, 0.1) is 0 Å². The van der Waals surface area contributed by atoms with Crippen LogP contribution in [0.2, 0.25) is 12.6 Å². The molecule has 0 spiro atoms. The first-order valence-electron chi connectivity index (χ1n) is 7.77. The van der Waals surface area contributed by atoms with Gasteiger partial charge in [-0.25, -0.2) is 0 Å². The summed E-state index contributed by atoms with van der Waals surface area (Å²) in [6.07, 6.45) is 2.11. The van der Waals surface area contributed by atoms with Gasteiger partial charge in [0, 0.05) is 39.0 Å². The highest BCUT2D eigenvalue weighted by Crippen LogP contribution is 2.25. The van der Waals surface area contributed by atoms with Crippen molar-refractivity contribution in [1.29, 1.82) is 0 Å². The highest BCUT2D eigenvalue weighted by molar-refractivity contribution is 6.74. The lowest BCUT2D eigenvalue weighted by molar-refractivity contribution is 0.0533. The van der Waals surface area contributed by atoms with Crippen molar-refractivity contribution < 1.29 is 21.8 Å². The standard InChI is InChI=1S/C13H32O5Si2/c1-7-12-13-20(16-10-4,17-11-5)18-19(6,14-8-2)15-9-3/h7-13H2,1-6H3. The molecule has 0 aliphatic carbocycles. The highest BCUT2D eigenvalue weighted by atomic mass is 28.5. The van der Waals surface area contributed by atoms with Crippen LogP contribution in [-0.4, -0.2) is 44.0 Å². The van der Waals surface area contributed by atoms with Crippen LogP contribution in [0.3, 0.4) is 0 Å². The molecule has 0 unspecified atom stereocenters. The van der Waals surface area contributed by atoms with E-state index < -0.39 is 17.6 Å². The molecular weight excluding hydrogens is 292 g/mol. The lowest BCUT2D eigenvalue weighted by Gasteiger charge is -2.36. The Hall–Kier alpha value is 0.234. The molecule has 0 atom stereocenters. The van der Waals surface area contributed by atoms with Crippen molar-refractivity contribution in [2.75, 3.05) is 26.4 Å². The Labute approximate surface area is 126 Å². The first-order valence-corrected chi connectivity index (χ1v) is 11.9. The summed E-state index contributed by atoms with van der Waals surface area (Å²) in [5, 5.41) is 0. The predicted molar refractivity (Wildman–Crippen MR) is 84.7 cm³/mol. The molecule has 0 N–H and O–H groups in total. The van der Waals surface area contributed by atoms with Gasteiger partial charge < -0.3 is 21.8 Å². The average molecular weight is 325 g/mol. The fourth-order valence-electron chi connectivity index (χ4n) is 2.04. The number of unbranched alkanes of at least 4 members (excludes halogenated alkanes) is 1. The number of hydrogen-bond acceptors (Lipinski definition) is 5. The van der Waals surface area contributed by atoms with Gasteiger partial charge in [-0.1, -0.05) is 13.3 Å². The van der Waals surface area contributed by atoms with E-state index in [1.54, 1.807) is 0 Å². The van der Waals surface area contributed by atoms with E-state index in [-0.39, 0.29) is 0 Å². The summed E-state index contributed by atoms with van der Waals surface area (Å²) < 4.78 is 29.7. The second-order valence-corrected chi connectivity index (χ2v) is 10.0. The molecule has 0 aromatic heterocycles. The van der Waals surface area contributed by atoms with Crippen molar-refractivity contribution in [1.82, 2.24) is 0 Å². The third-order valence-corrected chi connectivity index (χ3v) is 9.50. The molecule has 0 saturated carbocycles. The van der Waals surface area contributed by atoms with Gasteiger partial charge >= 0.3 is 17.6 Å². The van der Waals surface area contributed by atoms with Gasteiger partial charge in [0.15, 0.2) is 0 Å². The van der Waals surface area contributed by atoms with Gasteiger partial charge in [-0.3, -0.25) is 0 Å². The van der Waals surface area contributed by atoms with Crippen LogP contribution in [0.4, 0.5) is 0 Å². The minimum Gasteiger partial charge on any atom is -0.374 e. The van der Waals surface area contributed by atoms with E-state index in [2.05, 4.69) is 6.92 Å². The Morgan fingerprint density at radius 2 is 1.15 bits per heavy atom. The van der Waals surface area contributed by atoms with E-state index in [4.69, 9.17) is 21.8 Å². The van der Waals surface area contributed by atoms with Crippen molar-refractivity contribution in [2.45, 2.75) is 60.1 Å². The van der Waals surface area contributed by atoms with Crippen LogP contribution in [0.5, 0.6) is 0 Å². The maximum Gasteiger partial charge on any atom is 0.493 e. The molecule has 0 aliphatic heterocycles. The summed E-state index contributed by atoms with van der Waals surface area (Å²) >= 11 is 0. The van der Waals surface area contributed by atoms with Crippen LogP contribution >= 0.6 is 0 Å². The fraction of sp³-hybridized carbons (Fsp3) is 1.00. The van der Waals surface area contributed by atoms with Gasteiger partial charge in [0.05, 0.1) is 0 Å². The summed E-state index contributed by atoms with van der Waals surface area (Å²) in [5.74, 6) is 0. The van der Waals surface area contributed by atoms with E-state index in [9.17, 15) is 0 Å². The quantitative estimate of drug-likeness (QED) is 0.486. The Balaban J connectivity index is 5.03. The maximum atomic E-state index is 6.28. The van der Waals surface area contributed by atoms with Crippen molar-refractivity contribution in [3.63, 3.8) is 0 Å². The largest absolute Gasteiger partial charge is 0.493 e. The Bertz CT molecular complexity index is 229. The molecule has 122 valence electrons. The zero-order valence-corrected chi connectivity index (χ0v) is 16.0. The summed E-state index contributed by atoms with van der Waals surface area (Å²) in [6, 6.07) is 0.813. The van der Waals surface area contributed by atoms with Gasteiger partial charge in [0.2, 0.25) is 0 Å². The Morgan fingerprint density at radius 1 is 0.700 bits per heavy atom. The fourth-order valence-corrected chi connectivity index (χ4v) is 8.82. The van der Waals surface area contributed by atoms with Crippen LogP contribution in [-0.2, 0) is 21.8 Å². The molecule has 0 aliphatic rings. The van der Waals surface area contributed by atoms with Gasteiger partial charge in [0.1, 0.15) is 0 Å². The lowest BCUT2D eigenvalue weighted by Crippen LogP contribution is -2.57. The molecular formula is C13H32O5Si2. The Kier molecular flexibility index (Phi) is 11.0. The monoisotopic (exact) mass is 324 g/mol. The first-order chi connectivity index (χ1) is 9.51. The molecule has 0 rings (SSSR count). The topological polar surface area (TPSA) is 46.2 Å². The van der Waals surface area contributed by atoms with Crippen molar-refractivity contribution in [2.24, 2.45) is 0 Å². The van der Waals surface area contributed by atoms with E-state index in [0.29, 0.717) is 26.4 Å². The van der Waals surface area contributed by atoms with Gasteiger partial charge in [-0.15, -0.1) is 0 Å². The van der Waals surface area contributed by atoms with E-state index in [1.165, 1.54) is 0 Å². The van der Waals surface area contributed by atoms with E-state index in [1.807, 2.05) is 34.2 Å². The molecule has 0 radical (unpaired) electrons. The normalized spacial score (nSPS) is 12.9. The first kappa shape index (κ1) is 20.2. The summed E-state index contributed by atoms with van der Waals surface area (Å²) in [6.45, 7) is 14.2. The molecule has 0 aromatic carbocycles. The second-order valence-electron chi connectivity index (χ2n) is 4.48. The molecule has 0 heterocycles. The van der Waals surface area contributed by atoms with Crippen molar-refractivity contribution in [3.8, 4) is 0 Å². The molecule has 0 fully saturated rings. The molecule has 0 bridgehead atoms. The van der Waals surface area contributed by atoms with Crippen LogP contribution in [0.15, 0.2) is 0 Å². The number of hydrogen-bond donors (Lipinski definition) is 0. The maximum absolute atomic E-state index is 6.28. The highest BCUT2D eigenvalue weighted by Gasteiger charge is 2.50. The minimum absolute atomic E-state index is 0.569. The molecule has 5 nitrogen and oxygen atoms in total. The average Bonchev–Trinajstić information content (AvgIpc) is 2.37. The third kappa shape index (κ3) is 7.30. The number of rotatable bonds is 13. The molecule has 0 amide bonds. The SMILES string of the molecule is CCCC[Si](OCC)(OCC)O[Si](C)(OCC)OCC. The molecule has 20 heavy (non-hydrogen) atoms. The molecule has 0 saturated heterocycles. The van der Waals surface area contributed by atoms with Gasteiger partial charge in [0.25, 0.3) is 0 Å². The predicted octanol–water partition coefficient (Wildman–Crippen LogP) is 3.46. The van der Waals surface area contributed by atoms with Crippen molar-refractivity contribution >= 4 is 17.6 Å². The second kappa shape index (κ2) is 10.9. The van der Waals surface area contributed by atoms with Crippen LogP contribution in [0.1, 0.15) is 47.5 Å².